The maximum Gasteiger partial charge on any atom is 0.124 e. The number of hydrogen-bond acceptors (Lipinski definition) is 4. The molecule has 0 aliphatic rings. The van der Waals surface area contributed by atoms with Gasteiger partial charge in [-0.25, -0.2) is 0 Å². The minimum atomic E-state index is 0. The van der Waals surface area contributed by atoms with Crippen molar-refractivity contribution in [3.63, 3.8) is 0 Å². The van der Waals surface area contributed by atoms with E-state index < -0.39 is 0 Å². The van der Waals surface area contributed by atoms with Gasteiger partial charge in [0.05, 0.1) is 0 Å². The summed E-state index contributed by atoms with van der Waals surface area (Å²) >= 11 is 0. The maximum atomic E-state index is 9.52. The van der Waals surface area contributed by atoms with Gasteiger partial charge in [0.2, 0.25) is 0 Å². The molecule has 0 saturated heterocycles. The summed E-state index contributed by atoms with van der Waals surface area (Å²) in [5.41, 5.74) is 1.28. The van der Waals surface area contributed by atoms with Gasteiger partial charge in [0.15, 0.2) is 0 Å². The fraction of sp³-hybridized carbons (Fsp3) is 0. The second kappa shape index (κ2) is 8.88. The zero-order chi connectivity index (χ0) is 14.2. The largest absolute Gasteiger partial charge is 0.507 e. The Bertz CT molecular complexity index is 609. The zero-order valence-corrected chi connectivity index (χ0v) is 13.3. The van der Waals surface area contributed by atoms with Crippen LogP contribution >= 0.6 is 0 Å². The molecule has 5 heteroatoms. The third-order valence-electron chi connectivity index (χ3n) is 2.54. The second-order valence-corrected chi connectivity index (χ2v) is 3.97. The van der Waals surface area contributed by atoms with E-state index in [1.807, 2.05) is 12.1 Å². The maximum absolute atomic E-state index is 9.52. The molecule has 2 aromatic rings. The van der Waals surface area contributed by atoms with Crippen LogP contribution in [0.4, 0.5) is 0 Å². The van der Waals surface area contributed by atoms with Crippen molar-refractivity contribution >= 4 is 12.4 Å². The molecule has 0 spiro atoms. The van der Waals surface area contributed by atoms with E-state index in [1.165, 1.54) is 12.4 Å². The Morgan fingerprint density at radius 3 is 1.43 bits per heavy atom. The van der Waals surface area contributed by atoms with Gasteiger partial charge in [-0.2, -0.15) is 0 Å². The molecule has 2 N–H and O–H groups in total. The van der Waals surface area contributed by atoms with Crippen molar-refractivity contribution in [1.29, 1.82) is 0 Å². The van der Waals surface area contributed by atoms with Crippen molar-refractivity contribution in [1.82, 2.24) is 0 Å². The van der Waals surface area contributed by atoms with Crippen molar-refractivity contribution in [2.45, 2.75) is 0 Å². The van der Waals surface area contributed by atoms with Gasteiger partial charge in [-0.15, -0.1) is 0 Å². The van der Waals surface area contributed by atoms with Crippen molar-refractivity contribution in [3.8, 4) is 11.5 Å². The Morgan fingerprint density at radius 1 is 0.667 bits per heavy atom. The van der Waals surface area contributed by atoms with Crippen LogP contribution in [0.3, 0.4) is 0 Å². The number of aromatic hydroxyl groups is 2. The molecular formula is C16H14N2O2Pt. The first-order chi connectivity index (χ1) is 9.77. The average molecular weight is 461 g/mol. The summed E-state index contributed by atoms with van der Waals surface area (Å²) in [7, 11) is 0. The SMILES string of the molecule is Oc1ccccc1C=N/C=C\N=Cc1ccccc1O.[Pt]. The minimum absolute atomic E-state index is 0. The van der Waals surface area contributed by atoms with Gasteiger partial charge < -0.3 is 10.2 Å². The third-order valence-corrected chi connectivity index (χ3v) is 2.54. The molecule has 0 heterocycles. The Kier molecular flexibility index (Phi) is 7.13. The number of aliphatic imine (C=N–C) groups is 2. The summed E-state index contributed by atoms with van der Waals surface area (Å²) in [6, 6.07) is 13.9. The first-order valence-corrected chi connectivity index (χ1v) is 6.05. The average Bonchev–Trinajstić information content (AvgIpc) is 2.46. The van der Waals surface area contributed by atoms with E-state index in [0.717, 1.165) is 0 Å². The van der Waals surface area contributed by atoms with Crippen molar-refractivity contribution < 1.29 is 31.3 Å². The third kappa shape index (κ3) is 5.36. The molecule has 0 unspecified atom stereocenters. The van der Waals surface area contributed by atoms with Crippen LogP contribution in [0.2, 0.25) is 0 Å². The molecule has 2 aromatic carbocycles. The number of para-hydroxylation sites is 2. The number of nitrogens with zero attached hydrogens (tertiary/aromatic N) is 2. The number of hydrogen-bond donors (Lipinski definition) is 2. The molecule has 0 bridgehead atoms. The van der Waals surface area contributed by atoms with E-state index in [2.05, 4.69) is 9.98 Å². The van der Waals surface area contributed by atoms with Crippen molar-refractivity contribution in [3.05, 3.63) is 72.1 Å². The van der Waals surface area contributed by atoms with Gasteiger partial charge in [0.25, 0.3) is 0 Å². The molecule has 4 nitrogen and oxygen atoms in total. The molecule has 110 valence electrons. The molecule has 0 amide bonds. The quantitative estimate of drug-likeness (QED) is 0.688. The van der Waals surface area contributed by atoms with E-state index in [1.54, 1.807) is 48.8 Å². The molecule has 2 rings (SSSR count). The summed E-state index contributed by atoms with van der Waals surface area (Å²) in [5.74, 6) is 0.365. The van der Waals surface area contributed by atoms with Gasteiger partial charge in [-0.05, 0) is 24.3 Å². The van der Waals surface area contributed by atoms with Crippen molar-refractivity contribution in [2.24, 2.45) is 9.98 Å². The number of rotatable bonds is 4. The van der Waals surface area contributed by atoms with Crippen LogP contribution in [0.25, 0.3) is 0 Å². The first-order valence-electron chi connectivity index (χ1n) is 6.05. The summed E-state index contributed by atoms with van der Waals surface area (Å²) in [4.78, 5) is 8.03. The number of benzene rings is 2. The van der Waals surface area contributed by atoms with Gasteiger partial charge >= 0.3 is 0 Å². The summed E-state index contributed by atoms with van der Waals surface area (Å²) in [6.45, 7) is 0. The van der Waals surface area contributed by atoms with Gasteiger partial charge in [-0.3, -0.25) is 9.98 Å². The minimum Gasteiger partial charge on any atom is -0.507 e. The Hall–Kier alpha value is -2.19. The summed E-state index contributed by atoms with van der Waals surface area (Å²) in [5, 5.41) is 19.0. The Balaban J connectivity index is 0.00000220. The Morgan fingerprint density at radius 2 is 1.05 bits per heavy atom. The van der Waals surface area contributed by atoms with E-state index in [4.69, 9.17) is 0 Å². The molecule has 21 heavy (non-hydrogen) atoms. The van der Waals surface area contributed by atoms with E-state index in [9.17, 15) is 10.2 Å². The second-order valence-electron chi connectivity index (χ2n) is 3.97. The molecule has 0 aliphatic carbocycles. The standard InChI is InChI=1S/C16H14N2O2.Pt/c19-15-7-3-1-5-13(15)11-17-9-10-18-12-14-6-2-4-8-16(14)20;/h1-12,19-20H;/b10-9-,17-11?,18-12?;. The van der Waals surface area contributed by atoms with Gasteiger partial charge in [-0.1, -0.05) is 24.3 Å². The van der Waals surface area contributed by atoms with Gasteiger partial charge in [0.1, 0.15) is 11.5 Å². The van der Waals surface area contributed by atoms with Crippen LogP contribution in [0.15, 0.2) is 70.9 Å². The van der Waals surface area contributed by atoms with Crippen LogP contribution in [0.5, 0.6) is 11.5 Å². The smallest absolute Gasteiger partial charge is 0.124 e. The molecule has 0 radical (unpaired) electrons. The van der Waals surface area contributed by atoms with Crippen LogP contribution in [0, 0.1) is 0 Å². The van der Waals surface area contributed by atoms with E-state index in [0.29, 0.717) is 11.1 Å². The van der Waals surface area contributed by atoms with E-state index in [-0.39, 0.29) is 32.6 Å². The summed E-state index contributed by atoms with van der Waals surface area (Å²) in [6.07, 6.45) is 6.09. The summed E-state index contributed by atoms with van der Waals surface area (Å²) < 4.78 is 0. The predicted octanol–water partition coefficient (Wildman–Crippen LogP) is 3.10. The van der Waals surface area contributed by atoms with Crippen LogP contribution < -0.4 is 0 Å². The molecule has 0 atom stereocenters. The molecule has 0 aromatic heterocycles. The molecular weight excluding hydrogens is 447 g/mol. The van der Waals surface area contributed by atoms with Crippen LogP contribution in [0.1, 0.15) is 11.1 Å². The first kappa shape index (κ1) is 16.9. The Labute approximate surface area is 137 Å². The van der Waals surface area contributed by atoms with E-state index >= 15 is 0 Å². The fourth-order valence-electron chi connectivity index (χ4n) is 1.52. The number of phenols is 2. The number of phenolic OH excluding ortho intramolecular Hbond substituents is 2. The molecule has 0 saturated carbocycles. The molecule has 0 fully saturated rings. The predicted molar refractivity (Wildman–Crippen MR) is 80.5 cm³/mol. The fourth-order valence-corrected chi connectivity index (χ4v) is 1.52. The van der Waals surface area contributed by atoms with Crippen molar-refractivity contribution in [2.75, 3.05) is 0 Å². The monoisotopic (exact) mass is 461 g/mol. The topological polar surface area (TPSA) is 65.2 Å². The van der Waals surface area contributed by atoms with Gasteiger partial charge in [0, 0.05) is 57.0 Å². The zero-order valence-electron chi connectivity index (χ0n) is 11.0. The molecule has 0 aliphatic heterocycles. The van der Waals surface area contributed by atoms with Crippen LogP contribution in [-0.2, 0) is 21.1 Å². The normalized spacial score (nSPS) is 11.2. The van der Waals surface area contributed by atoms with Crippen LogP contribution in [-0.4, -0.2) is 22.6 Å².